The van der Waals surface area contributed by atoms with Crippen LogP contribution in [0.25, 0.3) is 0 Å². The van der Waals surface area contributed by atoms with Gasteiger partial charge in [0.05, 0.1) is 6.10 Å². The fraction of sp³-hybridized carbons (Fsp3) is 0.917. The number of urea groups is 1. The Morgan fingerprint density at radius 1 is 1.25 bits per heavy atom. The van der Waals surface area contributed by atoms with Crippen LogP contribution < -0.4 is 10.6 Å². The zero-order chi connectivity index (χ0) is 11.8. The van der Waals surface area contributed by atoms with Gasteiger partial charge in [0.2, 0.25) is 0 Å². The highest BCUT2D eigenvalue weighted by molar-refractivity contribution is 5.73. The van der Waals surface area contributed by atoms with E-state index in [0.717, 1.165) is 51.6 Å². The van der Waals surface area contributed by atoms with Gasteiger partial charge < -0.3 is 15.7 Å². The van der Waals surface area contributed by atoms with Crippen molar-refractivity contribution in [3.63, 3.8) is 0 Å². The summed E-state index contributed by atoms with van der Waals surface area (Å²) in [5.41, 5.74) is 0. The Morgan fingerprint density at radius 3 is 2.56 bits per heavy atom. The molecule has 0 aromatic rings. The van der Waals surface area contributed by atoms with E-state index in [4.69, 9.17) is 0 Å². The number of nitrogens with one attached hydrogen (secondary N) is 2. The average molecular weight is 228 g/mol. The lowest BCUT2D eigenvalue weighted by molar-refractivity contribution is 0.109. The van der Waals surface area contributed by atoms with Gasteiger partial charge in [0.25, 0.3) is 0 Å². The smallest absolute Gasteiger partial charge is 0.314 e. The summed E-state index contributed by atoms with van der Waals surface area (Å²) in [7, 11) is 0. The lowest BCUT2D eigenvalue weighted by Gasteiger charge is -2.25. The van der Waals surface area contributed by atoms with Gasteiger partial charge >= 0.3 is 6.03 Å². The molecule has 0 atom stereocenters. The molecule has 0 aliphatic heterocycles. The van der Waals surface area contributed by atoms with E-state index in [-0.39, 0.29) is 12.1 Å². The van der Waals surface area contributed by atoms with Crippen LogP contribution >= 0.6 is 0 Å². The number of aliphatic hydroxyl groups is 1. The van der Waals surface area contributed by atoms with Gasteiger partial charge in [0.1, 0.15) is 0 Å². The van der Waals surface area contributed by atoms with Gasteiger partial charge in [-0.25, -0.2) is 4.79 Å². The third-order valence-electron chi connectivity index (χ3n) is 3.18. The Balaban J connectivity index is 2.03. The lowest BCUT2D eigenvalue weighted by atomic mass is 9.87. The first-order valence-electron chi connectivity index (χ1n) is 6.42. The van der Waals surface area contributed by atoms with E-state index in [1.165, 1.54) is 0 Å². The average Bonchev–Trinajstić information content (AvgIpc) is 2.29. The second-order valence-electron chi connectivity index (χ2n) is 4.66. The van der Waals surface area contributed by atoms with Crippen LogP contribution in [0.3, 0.4) is 0 Å². The van der Waals surface area contributed by atoms with Gasteiger partial charge in [-0.05, 0) is 38.0 Å². The zero-order valence-electron chi connectivity index (χ0n) is 10.2. The van der Waals surface area contributed by atoms with E-state index in [9.17, 15) is 9.90 Å². The number of unbranched alkanes of at least 4 members (excludes halogenated alkanes) is 1. The van der Waals surface area contributed by atoms with Crippen LogP contribution in [0.1, 0.15) is 45.4 Å². The molecule has 0 saturated heterocycles. The third kappa shape index (κ3) is 5.35. The predicted molar refractivity (Wildman–Crippen MR) is 64.3 cm³/mol. The molecule has 0 bridgehead atoms. The molecular formula is C12H24N2O2. The van der Waals surface area contributed by atoms with E-state index in [1.807, 2.05) is 0 Å². The Kier molecular flexibility index (Phi) is 6.23. The minimum Gasteiger partial charge on any atom is -0.393 e. The fourth-order valence-electron chi connectivity index (χ4n) is 2.03. The highest BCUT2D eigenvalue weighted by atomic mass is 16.3. The van der Waals surface area contributed by atoms with Crippen LogP contribution in [0.15, 0.2) is 0 Å². The minimum atomic E-state index is -0.116. The third-order valence-corrected chi connectivity index (χ3v) is 3.18. The van der Waals surface area contributed by atoms with Gasteiger partial charge in [-0.1, -0.05) is 13.3 Å². The maximum atomic E-state index is 11.4. The van der Waals surface area contributed by atoms with Crippen molar-refractivity contribution in [2.75, 3.05) is 13.1 Å². The molecule has 0 radical (unpaired) electrons. The highest BCUT2D eigenvalue weighted by Gasteiger charge is 2.19. The molecule has 94 valence electrons. The molecule has 1 aliphatic carbocycles. The maximum absolute atomic E-state index is 11.4. The summed E-state index contributed by atoms with van der Waals surface area (Å²) in [5, 5.41) is 15.1. The molecule has 4 heteroatoms. The molecular weight excluding hydrogens is 204 g/mol. The van der Waals surface area contributed by atoms with Crippen molar-refractivity contribution >= 4 is 6.03 Å². The number of hydrogen-bond acceptors (Lipinski definition) is 2. The zero-order valence-corrected chi connectivity index (χ0v) is 10.2. The fourth-order valence-corrected chi connectivity index (χ4v) is 2.03. The molecule has 3 N–H and O–H groups in total. The summed E-state index contributed by atoms with van der Waals surface area (Å²) in [6.45, 7) is 3.60. The van der Waals surface area contributed by atoms with Crippen LogP contribution in [0.4, 0.5) is 4.79 Å². The standard InChI is InChI=1S/C12H24N2O2/c1-2-3-8-13-12(16)14-9-10-4-6-11(15)7-5-10/h10-11,15H,2-9H2,1H3,(H2,13,14,16). The van der Waals surface area contributed by atoms with Crippen molar-refractivity contribution < 1.29 is 9.90 Å². The Bertz CT molecular complexity index is 201. The van der Waals surface area contributed by atoms with E-state index in [0.29, 0.717) is 5.92 Å². The van der Waals surface area contributed by atoms with Crippen LogP contribution in [0.5, 0.6) is 0 Å². The molecule has 4 nitrogen and oxygen atoms in total. The van der Waals surface area contributed by atoms with Crippen LogP contribution in [-0.2, 0) is 0 Å². The summed E-state index contributed by atoms with van der Waals surface area (Å²) in [6.07, 6.45) is 5.82. The minimum absolute atomic E-state index is 0.0560. The first-order valence-corrected chi connectivity index (χ1v) is 6.42. The Morgan fingerprint density at radius 2 is 1.94 bits per heavy atom. The van der Waals surface area contributed by atoms with Crippen LogP contribution in [0, 0.1) is 5.92 Å². The quantitative estimate of drug-likeness (QED) is 0.626. The largest absolute Gasteiger partial charge is 0.393 e. The van der Waals surface area contributed by atoms with Crippen molar-refractivity contribution in [1.82, 2.24) is 10.6 Å². The monoisotopic (exact) mass is 228 g/mol. The van der Waals surface area contributed by atoms with Gasteiger partial charge in [-0.3, -0.25) is 0 Å². The SMILES string of the molecule is CCCCNC(=O)NCC1CCC(O)CC1. The molecule has 2 amide bonds. The molecule has 0 heterocycles. The molecule has 1 saturated carbocycles. The molecule has 1 aliphatic rings. The number of aliphatic hydroxyl groups excluding tert-OH is 1. The van der Waals surface area contributed by atoms with Gasteiger partial charge in [0.15, 0.2) is 0 Å². The number of carbonyl (C=O) groups is 1. The van der Waals surface area contributed by atoms with Crippen molar-refractivity contribution in [1.29, 1.82) is 0 Å². The summed E-state index contributed by atoms with van der Waals surface area (Å²) >= 11 is 0. The van der Waals surface area contributed by atoms with Gasteiger partial charge in [-0.2, -0.15) is 0 Å². The normalized spacial score (nSPS) is 25.1. The summed E-state index contributed by atoms with van der Waals surface area (Å²) in [6, 6.07) is -0.0560. The molecule has 0 aromatic carbocycles. The Hall–Kier alpha value is -0.770. The predicted octanol–water partition coefficient (Wildman–Crippen LogP) is 1.64. The summed E-state index contributed by atoms with van der Waals surface area (Å²) in [4.78, 5) is 11.4. The van der Waals surface area contributed by atoms with Gasteiger partial charge in [0, 0.05) is 13.1 Å². The van der Waals surface area contributed by atoms with Crippen molar-refractivity contribution in [2.45, 2.75) is 51.6 Å². The van der Waals surface area contributed by atoms with E-state index in [2.05, 4.69) is 17.6 Å². The van der Waals surface area contributed by atoms with E-state index in [1.54, 1.807) is 0 Å². The molecule has 0 unspecified atom stereocenters. The number of amides is 2. The van der Waals surface area contributed by atoms with E-state index < -0.39 is 0 Å². The first-order chi connectivity index (χ1) is 7.72. The second kappa shape index (κ2) is 7.49. The second-order valence-corrected chi connectivity index (χ2v) is 4.66. The molecule has 0 spiro atoms. The van der Waals surface area contributed by atoms with Crippen molar-refractivity contribution in [2.24, 2.45) is 5.92 Å². The highest BCUT2D eigenvalue weighted by Crippen LogP contribution is 2.23. The number of hydrogen-bond donors (Lipinski definition) is 3. The van der Waals surface area contributed by atoms with Gasteiger partial charge in [-0.15, -0.1) is 0 Å². The summed E-state index contributed by atoms with van der Waals surface area (Å²) in [5.74, 6) is 0.542. The Labute approximate surface area is 97.8 Å². The number of carbonyl (C=O) groups excluding carboxylic acids is 1. The van der Waals surface area contributed by atoms with Crippen molar-refractivity contribution in [3.05, 3.63) is 0 Å². The molecule has 0 aromatic heterocycles. The van der Waals surface area contributed by atoms with Crippen LogP contribution in [0.2, 0.25) is 0 Å². The lowest BCUT2D eigenvalue weighted by Crippen LogP contribution is -2.39. The number of rotatable bonds is 5. The summed E-state index contributed by atoms with van der Waals surface area (Å²) < 4.78 is 0. The molecule has 16 heavy (non-hydrogen) atoms. The molecule has 1 rings (SSSR count). The van der Waals surface area contributed by atoms with Crippen molar-refractivity contribution in [3.8, 4) is 0 Å². The van der Waals surface area contributed by atoms with E-state index >= 15 is 0 Å². The maximum Gasteiger partial charge on any atom is 0.314 e. The topological polar surface area (TPSA) is 61.4 Å². The van der Waals surface area contributed by atoms with Crippen LogP contribution in [-0.4, -0.2) is 30.3 Å². The first kappa shape index (κ1) is 13.3. The molecule has 1 fully saturated rings.